The van der Waals surface area contributed by atoms with Gasteiger partial charge in [-0.1, -0.05) is 237 Å². The molecule has 0 aliphatic carbocycles. The highest BCUT2D eigenvalue weighted by molar-refractivity contribution is 6.15. The maximum absolute atomic E-state index is 2.44. The van der Waals surface area contributed by atoms with Crippen molar-refractivity contribution in [3.8, 4) is 89.5 Å². The molecule has 21 rings (SSSR count). The quantitative estimate of drug-likeness (QED) is 0.130. The fraction of sp³-hybridized carbons (Fsp3) is 0. The van der Waals surface area contributed by atoms with Crippen molar-refractivity contribution in [1.29, 1.82) is 0 Å². The van der Waals surface area contributed by atoms with E-state index in [1.165, 1.54) is 181 Å². The summed E-state index contributed by atoms with van der Waals surface area (Å²) < 4.78 is 9.68. The molecular formula is C98H62N4. The van der Waals surface area contributed by atoms with E-state index >= 15 is 0 Å². The first-order valence-electron chi connectivity index (χ1n) is 35.2. The Hall–Kier alpha value is -13.5. The van der Waals surface area contributed by atoms with Crippen LogP contribution in [-0.2, 0) is 0 Å². The van der Waals surface area contributed by atoms with Crippen molar-refractivity contribution in [1.82, 2.24) is 18.3 Å². The Kier molecular flexibility index (Phi) is 13.0. The first-order chi connectivity index (χ1) is 50.5. The minimum absolute atomic E-state index is 1.13. The third-order valence-corrected chi connectivity index (χ3v) is 21.5. The van der Waals surface area contributed by atoms with Crippen molar-refractivity contribution in [3.63, 3.8) is 0 Å². The van der Waals surface area contributed by atoms with Crippen molar-refractivity contribution in [2.75, 3.05) is 0 Å². The van der Waals surface area contributed by atoms with Crippen LogP contribution >= 0.6 is 0 Å². The van der Waals surface area contributed by atoms with Gasteiger partial charge in [-0.2, -0.15) is 0 Å². The highest BCUT2D eigenvalue weighted by Crippen LogP contribution is 2.43. The van der Waals surface area contributed by atoms with Crippen molar-refractivity contribution in [2.24, 2.45) is 0 Å². The number of nitrogens with zero attached hydrogens (tertiary/aromatic N) is 4. The van der Waals surface area contributed by atoms with E-state index in [9.17, 15) is 0 Å². The van der Waals surface area contributed by atoms with Gasteiger partial charge in [0.05, 0.1) is 44.1 Å². The molecule has 4 heterocycles. The van der Waals surface area contributed by atoms with Crippen molar-refractivity contribution in [3.05, 3.63) is 376 Å². The van der Waals surface area contributed by atoms with Crippen LogP contribution in [0.4, 0.5) is 0 Å². The standard InChI is InChI=1S/C98H62N4/c1-2-16-63(17-3-1)65-34-44-79(45-35-65)99-91-28-10-6-24-83(91)87-59-75(40-50-95(87)99)77-43-53-98-90(62-77)86-27-9-13-31-94(86)102(98)82-49-39-67-32-33-73(56-78(67)58-82)71-23-15-22-70(55-71)69-21-14-20-68(54-69)66-36-46-80(47-37-66)100-92-29-11-7-25-84(92)88-60-74(41-51-96(88)100)76-42-52-97-89(61-76)85-26-8-12-30-93(85)101(97)81-48-38-64-18-4-5-19-72(64)57-81/h1-62H. The molecule has 0 atom stereocenters. The highest BCUT2D eigenvalue weighted by Gasteiger charge is 2.21. The third-order valence-electron chi connectivity index (χ3n) is 21.5. The van der Waals surface area contributed by atoms with Crippen molar-refractivity contribution in [2.45, 2.75) is 0 Å². The van der Waals surface area contributed by atoms with Gasteiger partial charge < -0.3 is 18.3 Å². The van der Waals surface area contributed by atoms with Gasteiger partial charge in [0.15, 0.2) is 0 Å². The van der Waals surface area contributed by atoms with E-state index in [1.54, 1.807) is 0 Å². The molecule has 0 radical (unpaired) electrons. The predicted molar refractivity (Wildman–Crippen MR) is 431 cm³/mol. The number of fused-ring (bicyclic) bond motifs is 14. The van der Waals surface area contributed by atoms with Gasteiger partial charge in [0.25, 0.3) is 0 Å². The van der Waals surface area contributed by atoms with Crippen molar-refractivity contribution < 1.29 is 0 Å². The Morgan fingerprint density at radius 1 is 0.118 bits per heavy atom. The summed E-state index contributed by atoms with van der Waals surface area (Å²) in [4.78, 5) is 0. The van der Waals surface area contributed by atoms with Gasteiger partial charge in [-0.15, -0.1) is 0 Å². The molecule has 0 saturated heterocycles. The SMILES string of the molecule is c1ccc(-c2ccc(-n3c4ccccc4c4cc(-c5ccc6c(c5)c5ccccc5n6-c5ccc6ccc(-c7cccc(-c8cccc(-c9ccc(-n%10c%11ccccc%11c%11cc(-c%12ccc%13c(c%12)c%12ccccc%12n%13-c%12ccc%13ccccc%13c%12)ccc%11%10)cc9)c8)c7)cc6c5)ccc43)cc2)cc1. The summed E-state index contributed by atoms with van der Waals surface area (Å²) in [5, 5.41) is 14.8. The lowest BCUT2D eigenvalue weighted by molar-refractivity contribution is 1.18. The summed E-state index contributed by atoms with van der Waals surface area (Å²) in [5.74, 6) is 0. The molecule has 4 heteroatoms. The van der Waals surface area contributed by atoms with Crippen LogP contribution in [0, 0.1) is 0 Å². The number of rotatable bonds is 10. The predicted octanol–water partition coefficient (Wildman–Crippen LogP) is 26.4. The van der Waals surface area contributed by atoms with Gasteiger partial charge in [-0.05, 0) is 228 Å². The lowest BCUT2D eigenvalue weighted by Crippen LogP contribution is -1.94. The Labute approximate surface area is 588 Å². The first-order valence-corrected chi connectivity index (χ1v) is 35.2. The van der Waals surface area contributed by atoms with Crippen molar-refractivity contribution >= 4 is 109 Å². The monoisotopic (exact) mass is 1290 g/mol. The molecule has 0 fully saturated rings. The average Bonchev–Trinajstić information content (AvgIpc) is 1.60. The minimum atomic E-state index is 1.13. The van der Waals surface area contributed by atoms with Crippen LogP contribution in [0.25, 0.3) is 198 Å². The van der Waals surface area contributed by atoms with E-state index in [1.807, 2.05) is 0 Å². The Balaban J connectivity index is 0.564. The van der Waals surface area contributed by atoms with E-state index in [-0.39, 0.29) is 0 Å². The largest absolute Gasteiger partial charge is 0.309 e. The second-order valence-corrected chi connectivity index (χ2v) is 27.2. The summed E-state index contributed by atoms with van der Waals surface area (Å²) in [5.41, 5.74) is 28.4. The van der Waals surface area contributed by atoms with Gasteiger partial charge in [0.1, 0.15) is 0 Å². The number of aromatic nitrogens is 4. The van der Waals surface area contributed by atoms with Gasteiger partial charge in [-0.25, -0.2) is 0 Å². The van der Waals surface area contributed by atoms with E-state index in [0.29, 0.717) is 0 Å². The van der Waals surface area contributed by atoms with Crippen LogP contribution in [-0.4, -0.2) is 18.3 Å². The molecule has 4 aromatic heterocycles. The number of benzene rings is 17. The van der Waals surface area contributed by atoms with Gasteiger partial charge in [-0.3, -0.25) is 0 Å². The maximum Gasteiger partial charge on any atom is 0.0541 e. The molecule has 0 aliphatic heterocycles. The lowest BCUT2D eigenvalue weighted by Gasteiger charge is -2.12. The second kappa shape index (κ2) is 23.0. The van der Waals surface area contributed by atoms with Crippen LogP contribution < -0.4 is 0 Å². The van der Waals surface area contributed by atoms with Gasteiger partial charge in [0.2, 0.25) is 0 Å². The van der Waals surface area contributed by atoms with Crippen LogP contribution in [0.2, 0.25) is 0 Å². The minimum Gasteiger partial charge on any atom is -0.309 e. The van der Waals surface area contributed by atoms with Gasteiger partial charge >= 0.3 is 0 Å². The summed E-state index contributed by atoms with van der Waals surface area (Å²) in [7, 11) is 0. The van der Waals surface area contributed by atoms with Gasteiger partial charge in [0, 0.05) is 65.8 Å². The molecule has 0 saturated carbocycles. The van der Waals surface area contributed by atoms with E-state index in [2.05, 4.69) is 394 Å². The van der Waals surface area contributed by atoms with E-state index in [4.69, 9.17) is 0 Å². The maximum atomic E-state index is 2.44. The summed E-state index contributed by atoms with van der Waals surface area (Å²) in [6.45, 7) is 0. The van der Waals surface area contributed by atoms with Crippen LogP contribution in [0.5, 0.6) is 0 Å². The topological polar surface area (TPSA) is 19.7 Å². The van der Waals surface area contributed by atoms with Crippen LogP contribution in [0.15, 0.2) is 376 Å². The molecule has 102 heavy (non-hydrogen) atoms. The van der Waals surface area contributed by atoms with Crippen LogP contribution in [0.1, 0.15) is 0 Å². The molecule has 0 unspecified atom stereocenters. The highest BCUT2D eigenvalue weighted by atomic mass is 15.0. The fourth-order valence-electron chi connectivity index (χ4n) is 16.6. The molecule has 0 bridgehead atoms. The zero-order valence-corrected chi connectivity index (χ0v) is 55.6. The zero-order valence-electron chi connectivity index (χ0n) is 55.6. The molecule has 0 amide bonds. The summed E-state index contributed by atoms with van der Waals surface area (Å²) in [6.07, 6.45) is 0. The molecule has 21 aromatic rings. The van der Waals surface area contributed by atoms with E-state index < -0.39 is 0 Å². The molecule has 17 aromatic carbocycles. The molecule has 474 valence electrons. The lowest BCUT2D eigenvalue weighted by atomic mass is 9.95. The Bertz CT molecular complexity index is 6980. The third kappa shape index (κ3) is 9.31. The molecule has 4 nitrogen and oxygen atoms in total. The number of para-hydroxylation sites is 4. The number of hydrogen-bond acceptors (Lipinski definition) is 0. The molecular weight excluding hydrogens is 1230 g/mol. The molecule has 0 aliphatic rings. The van der Waals surface area contributed by atoms with E-state index in [0.717, 1.165) is 17.1 Å². The smallest absolute Gasteiger partial charge is 0.0541 e. The second-order valence-electron chi connectivity index (χ2n) is 27.2. The zero-order chi connectivity index (χ0) is 66.9. The fourth-order valence-corrected chi connectivity index (χ4v) is 16.6. The average molecular weight is 1300 g/mol. The van der Waals surface area contributed by atoms with Crippen LogP contribution in [0.3, 0.4) is 0 Å². The summed E-state index contributed by atoms with van der Waals surface area (Å²) in [6, 6.07) is 139. The number of hydrogen-bond donors (Lipinski definition) is 0. The Morgan fingerprint density at radius 2 is 0.373 bits per heavy atom. The molecule has 0 spiro atoms. The first kappa shape index (κ1) is 57.5. The normalized spacial score (nSPS) is 11.9. The molecule has 0 N–H and O–H groups in total. The Morgan fingerprint density at radius 3 is 0.804 bits per heavy atom. The summed E-state index contributed by atoms with van der Waals surface area (Å²) >= 11 is 0.